The first-order valence-corrected chi connectivity index (χ1v) is 5.35. The molecule has 0 saturated carbocycles. The van der Waals surface area contributed by atoms with Gasteiger partial charge in [0.1, 0.15) is 0 Å². The maximum Gasteiger partial charge on any atom is 0.261 e. The molecule has 70 valence electrons. The summed E-state index contributed by atoms with van der Waals surface area (Å²) < 4.78 is 2.65. The smallest absolute Gasteiger partial charge is 0.261 e. The zero-order valence-corrected chi connectivity index (χ0v) is 9.00. The molecule has 1 N–H and O–H groups in total. The first-order chi connectivity index (χ1) is 6.15. The lowest BCUT2D eigenvalue weighted by Crippen LogP contribution is -2.16. The first kappa shape index (κ1) is 10.4. The van der Waals surface area contributed by atoms with Gasteiger partial charge >= 0.3 is 0 Å². The van der Waals surface area contributed by atoms with Crippen LogP contribution >= 0.6 is 23.5 Å². The van der Waals surface area contributed by atoms with Gasteiger partial charge in [0.15, 0.2) is 0 Å². The van der Waals surface area contributed by atoms with Crippen molar-refractivity contribution in [1.82, 2.24) is 4.72 Å². The number of hydrogen-bond donors (Lipinski definition) is 1. The van der Waals surface area contributed by atoms with Gasteiger partial charge in [0.25, 0.3) is 5.91 Å². The van der Waals surface area contributed by atoms with Gasteiger partial charge in [-0.05, 0) is 24.6 Å². The summed E-state index contributed by atoms with van der Waals surface area (Å²) in [6.07, 6.45) is 1.80. The van der Waals surface area contributed by atoms with Crippen molar-refractivity contribution in [3.63, 3.8) is 0 Å². The van der Waals surface area contributed by atoms with Crippen molar-refractivity contribution in [2.75, 3.05) is 6.26 Å². The molecular weight excluding hydrogens is 206 g/mol. The molecule has 0 aliphatic carbocycles. The molecule has 0 bridgehead atoms. The van der Waals surface area contributed by atoms with Crippen LogP contribution in [0.4, 0.5) is 0 Å². The number of nitrogens with one attached hydrogen (secondary N) is 1. The van der Waals surface area contributed by atoms with Gasteiger partial charge in [0.2, 0.25) is 0 Å². The second-order valence-corrected chi connectivity index (χ2v) is 3.64. The van der Waals surface area contributed by atoms with Crippen LogP contribution < -0.4 is 4.72 Å². The molecule has 13 heavy (non-hydrogen) atoms. The Morgan fingerprint density at radius 3 is 2.85 bits per heavy atom. The molecule has 4 heteroatoms. The number of carbonyl (C=O) groups is 1. The van der Waals surface area contributed by atoms with E-state index >= 15 is 0 Å². The molecule has 0 unspecified atom stereocenters. The molecule has 0 heterocycles. The Bertz CT molecular complexity index is 327. The fourth-order valence-electron chi connectivity index (χ4n) is 0.987. The largest absolute Gasteiger partial charge is 0.296 e. The van der Waals surface area contributed by atoms with E-state index in [1.165, 1.54) is 11.9 Å². The number of carbonyl (C=O) groups excluding carboxylic acids is 1. The van der Waals surface area contributed by atoms with E-state index in [2.05, 4.69) is 4.72 Å². The minimum atomic E-state index is -0.104. The molecule has 1 amide bonds. The Balaban J connectivity index is 2.99. The lowest BCUT2D eigenvalue weighted by Gasteiger charge is -2.04. The van der Waals surface area contributed by atoms with Crippen LogP contribution in [0.2, 0.25) is 5.02 Å². The highest BCUT2D eigenvalue weighted by molar-refractivity contribution is 7.97. The van der Waals surface area contributed by atoms with Crippen LogP contribution in [-0.4, -0.2) is 12.2 Å². The molecule has 1 aromatic rings. The molecule has 0 spiro atoms. The maximum atomic E-state index is 11.4. The Kier molecular flexibility index (Phi) is 3.63. The quantitative estimate of drug-likeness (QED) is 0.769. The molecule has 0 atom stereocenters. The second-order valence-electron chi connectivity index (χ2n) is 2.59. The molecule has 0 aliphatic heterocycles. The standard InChI is InChI=1S/C9H10ClNOS/c1-6-3-4-7(10)5-8(6)9(12)11-13-2/h3-5H,1-2H3,(H,11,12). The SMILES string of the molecule is CSNC(=O)c1cc(Cl)ccc1C. The summed E-state index contributed by atoms with van der Waals surface area (Å²) >= 11 is 7.05. The highest BCUT2D eigenvalue weighted by Crippen LogP contribution is 2.15. The normalized spacial score (nSPS) is 9.77. The predicted molar refractivity (Wildman–Crippen MR) is 57.2 cm³/mol. The highest BCUT2D eigenvalue weighted by Gasteiger charge is 2.07. The summed E-state index contributed by atoms with van der Waals surface area (Å²) in [5.74, 6) is -0.104. The van der Waals surface area contributed by atoms with Crippen molar-refractivity contribution < 1.29 is 4.79 Å². The number of hydrogen-bond acceptors (Lipinski definition) is 2. The van der Waals surface area contributed by atoms with Crippen molar-refractivity contribution in [2.24, 2.45) is 0 Å². The summed E-state index contributed by atoms with van der Waals surface area (Å²) in [7, 11) is 0. The summed E-state index contributed by atoms with van der Waals surface area (Å²) in [5.41, 5.74) is 1.55. The van der Waals surface area contributed by atoms with Gasteiger partial charge < -0.3 is 0 Å². The average molecular weight is 216 g/mol. The van der Waals surface area contributed by atoms with E-state index in [9.17, 15) is 4.79 Å². The van der Waals surface area contributed by atoms with E-state index in [1.54, 1.807) is 18.4 Å². The topological polar surface area (TPSA) is 29.1 Å². The van der Waals surface area contributed by atoms with Gasteiger partial charge in [0, 0.05) is 16.8 Å². The molecule has 1 aromatic carbocycles. The molecular formula is C9H10ClNOS. The summed E-state index contributed by atoms with van der Waals surface area (Å²) in [5, 5.41) is 0.580. The Labute approximate surface area is 86.8 Å². The minimum absolute atomic E-state index is 0.104. The average Bonchev–Trinajstić information content (AvgIpc) is 2.09. The van der Waals surface area contributed by atoms with E-state index in [0.29, 0.717) is 10.6 Å². The predicted octanol–water partition coefficient (Wildman–Crippen LogP) is 2.66. The van der Waals surface area contributed by atoms with Crippen molar-refractivity contribution in [3.05, 3.63) is 34.3 Å². The molecule has 0 fully saturated rings. The molecule has 0 aromatic heterocycles. The monoisotopic (exact) mass is 215 g/mol. The van der Waals surface area contributed by atoms with E-state index in [1.807, 2.05) is 13.0 Å². The van der Waals surface area contributed by atoms with Crippen LogP contribution in [-0.2, 0) is 0 Å². The second kappa shape index (κ2) is 4.53. The third kappa shape index (κ3) is 2.64. The molecule has 2 nitrogen and oxygen atoms in total. The van der Waals surface area contributed by atoms with Gasteiger partial charge in [-0.15, -0.1) is 0 Å². The fraction of sp³-hybridized carbons (Fsp3) is 0.222. The lowest BCUT2D eigenvalue weighted by atomic mass is 10.1. The van der Waals surface area contributed by atoms with Gasteiger partial charge in [-0.25, -0.2) is 0 Å². The summed E-state index contributed by atoms with van der Waals surface area (Å²) in [6, 6.07) is 5.27. The Morgan fingerprint density at radius 2 is 2.23 bits per heavy atom. The third-order valence-electron chi connectivity index (χ3n) is 1.64. The van der Waals surface area contributed by atoms with Crippen molar-refractivity contribution in [1.29, 1.82) is 0 Å². The third-order valence-corrected chi connectivity index (χ3v) is 2.26. The summed E-state index contributed by atoms with van der Waals surface area (Å²) in [6.45, 7) is 1.88. The van der Waals surface area contributed by atoms with Crippen molar-refractivity contribution in [3.8, 4) is 0 Å². The highest BCUT2D eigenvalue weighted by atomic mass is 35.5. The number of benzene rings is 1. The zero-order valence-electron chi connectivity index (χ0n) is 7.43. The number of amides is 1. The number of halogens is 1. The molecule has 0 aliphatic rings. The molecule has 1 rings (SSSR count). The Morgan fingerprint density at radius 1 is 1.54 bits per heavy atom. The van der Waals surface area contributed by atoms with Crippen LogP contribution in [0.3, 0.4) is 0 Å². The van der Waals surface area contributed by atoms with Crippen LogP contribution in [0.25, 0.3) is 0 Å². The van der Waals surface area contributed by atoms with Gasteiger partial charge in [-0.3, -0.25) is 9.52 Å². The van der Waals surface area contributed by atoms with Crippen LogP contribution in [0.1, 0.15) is 15.9 Å². The van der Waals surface area contributed by atoms with E-state index in [-0.39, 0.29) is 5.91 Å². The van der Waals surface area contributed by atoms with E-state index in [4.69, 9.17) is 11.6 Å². The van der Waals surface area contributed by atoms with Crippen LogP contribution in [0.15, 0.2) is 18.2 Å². The first-order valence-electron chi connectivity index (χ1n) is 3.74. The minimum Gasteiger partial charge on any atom is -0.296 e. The zero-order chi connectivity index (χ0) is 9.84. The number of rotatable bonds is 2. The maximum absolute atomic E-state index is 11.4. The van der Waals surface area contributed by atoms with Crippen molar-refractivity contribution >= 4 is 29.5 Å². The lowest BCUT2D eigenvalue weighted by molar-refractivity contribution is 0.0984. The van der Waals surface area contributed by atoms with Crippen LogP contribution in [0.5, 0.6) is 0 Å². The van der Waals surface area contributed by atoms with Crippen LogP contribution in [0, 0.1) is 6.92 Å². The van der Waals surface area contributed by atoms with Gasteiger partial charge in [0.05, 0.1) is 0 Å². The van der Waals surface area contributed by atoms with Gasteiger partial charge in [-0.1, -0.05) is 29.6 Å². The Hall–Kier alpha value is -0.670. The van der Waals surface area contributed by atoms with Gasteiger partial charge in [-0.2, -0.15) is 0 Å². The number of aryl methyl sites for hydroxylation is 1. The van der Waals surface area contributed by atoms with E-state index < -0.39 is 0 Å². The molecule has 0 radical (unpaired) electrons. The summed E-state index contributed by atoms with van der Waals surface area (Å²) in [4.78, 5) is 11.4. The van der Waals surface area contributed by atoms with E-state index in [0.717, 1.165) is 5.56 Å². The molecule has 0 saturated heterocycles. The fourth-order valence-corrected chi connectivity index (χ4v) is 1.45. The van der Waals surface area contributed by atoms with Crippen molar-refractivity contribution in [2.45, 2.75) is 6.92 Å².